The summed E-state index contributed by atoms with van der Waals surface area (Å²) in [6, 6.07) is 9.32. The van der Waals surface area contributed by atoms with Crippen molar-refractivity contribution in [2.45, 2.75) is 51.7 Å². The van der Waals surface area contributed by atoms with Gasteiger partial charge in [0, 0.05) is 58.9 Å². The second-order valence-electron chi connectivity index (χ2n) is 7.32. The van der Waals surface area contributed by atoms with Crippen molar-refractivity contribution in [2.24, 2.45) is 4.99 Å². The number of piperidine rings is 1. The maximum atomic E-state index is 5.77. The third-order valence-electron chi connectivity index (χ3n) is 4.94. The van der Waals surface area contributed by atoms with E-state index in [-0.39, 0.29) is 24.0 Å². The summed E-state index contributed by atoms with van der Waals surface area (Å²) in [7, 11) is 3.54. The van der Waals surface area contributed by atoms with E-state index in [0.29, 0.717) is 18.7 Å². The van der Waals surface area contributed by atoms with Gasteiger partial charge in [-0.3, -0.25) is 4.99 Å². The molecule has 0 aliphatic carbocycles. The Hall–Kier alpha value is -1.06. The minimum atomic E-state index is 0. The maximum absolute atomic E-state index is 5.77. The number of aliphatic imine (C=N–C) groups is 1. The van der Waals surface area contributed by atoms with Gasteiger partial charge in [-0.05, 0) is 44.4 Å². The van der Waals surface area contributed by atoms with Crippen LogP contribution in [0.5, 0.6) is 5.75 Å². The van der Waals surface area contributed by atoms with Crippen LogP contribution in [-0.4, -0.2) is 63.4 Å². The number of methoxy groups -OCH3 is 1. The van der Waals surface area contributed by atoms with E-state index < -0.39 is 0 Å². The second-order valence-corrected chi connectivity index (χ2v) is 7.32. The molecular formula is C21H37IN4O2. The number of halogens is 1. The van der Waals surface area contributed by atoms with Crippen LogP contribution in [0.1, 0.15) is 38.7 Å². The number of ether oxygens (including phenoxy) is 2. The molecule has 160 valence electrons. The highest BCUT2D eigenvalue weighted by Gasteiger charge is 2.21. The summed E-state index contributed by atoms with van der Waals surface area (Å²) in [6.07, 6.45) is 3.21. The minimum Gasteiger partial charge on any atom is -0.493 e. The molecule has 0 atom stereocenters. The highest BCUT2D eigenvalue weighted by molar-refractivity contribution is 14.0. The van der Waals surface area contributed by atoms with Crippen molar-refractivity contribution in [3.05, 3.63) is 29.8 Å². The Kier molecular flexibility index (Phi) is 12.5. The van der Waals surface area contributed by atoms with Gasteiger partial charge in [-0.2, -0.15) is 0 Å². The van der Waals surface area contributed by atoms with E-state index in [0.717, 1.165) is 57.2 Å². The van der Waals surface area contributed by atoms with Crippen LogP contribution in [0.25, 0.3) is 0 Å². The molecular weight excluding hydrogens is 467 g/mol. The van der Waals surface area contributed by atoms with Crippen LogP contribution in [-0.2, 0) is 11.3 Å². The molecule has 1 saturated heterocycles. The van der Waals surface area contributed by atoms with Crippen LogP contribution in [0.15, 0.2) is 29.3 Å². The summed E-state index contributed by atoms with van der Waals surface area (Å²) >= 11 is 0. The van der Waals surface area contributed by atoms with Gasteiger partial charge < -0.3 is 25.0 Å². The number of rotatable bonds is 9. The molecule has 1 aromatic rings. The van der Waals surface area contributed by atoms with Gasteiger partial charge in [-0.25, -0.2) is 0 Å². The highest BCUT2D eigenvalue weighted by atomic mass is 127. The summed E-state index contributed by atoms with van der Waals surface area (Å²) < 4.78 is 10.8. The molecule has 2 rings (SSSR count). The van der Waals surface area contributed by atoms with E-state index in [2.05, 4.69) is 46.5 Å². The third-order valence-corrected chi connectivity index (χ3v) is 4.94. The van der Waals surface area contributed by atoms with Gasteiger partial charge in [0.15, 0.2) is 5.96 Å². The van der Waals surface area contributed by atoms with Crippen molar-refractivity contribution in [3.63, 3.8) is 0 Å². The Bertz CT molecular complexity index is 575. The summed E-state index contributed by atoms with van der Waals surface area (Å²) in [5.41, 5.74) is 1.18. The molecule has 2 N–H and O–H groups in total. The first-order valence-corrected chi connectivity index (χ1v) is 10.0. The molecule has 0 saturated carbocycles. The number of hydrogen-bond acceptors (Lipinski definition) is 4. The van der Waals surface area contributed by atoms with Crippen LogP contribution >= 0.6 is 24.0 Å². The van der Waals surface area contributed by atoms with Gasteiger partial charge in [0.2, 0.25) is 0 Å². The van der Waals surface area contributed by atoms with Crippen molar-refractivity contribution in [1.82, 2.24) is 15.5 Å². The molecule has 7 heteroatoms. The van der Waals surface area contributed by atoms with E-state index in [4.69, 9.17) is 9.47 Å². The fourth-order valence-corrected chi connectivity index (χ4v) is 3.27. The van der Waals surface area contributed by atoms with Crippen molar-refractivity contribution in [3.8, 4) is 5.75 Å². The normalized spacial score (nSPS) is 16.0. The first-order valence-electron chi connectivity index (χ1n) is 10.0. The third kappa shape index (κ3) is 8.96. The molecule has 0 radical (unpaired) electrons. The lowest BCUT2D eigenvalue weighted by Gasteiger charge is -2.35. The Morgan fingerprint density at radius 1 is 1.25 bits per heavy atom. The number of nitrogens with one attached hydrogen (secondary N) is 2. The molecule has 6 nitrogen and oxygen atoms in total. The smallest absolute Gasteiger partial charge is 0.191 e. The van der Waals surface area contributed by atoms with E-state index in [1.807, 2.05) is 19.2 Å². The van der Waals surface area contributed by atoms with Gasteiger partial charge in [0.1, 0.15) is 5.75 Å². The number of nitrogens with zero attached hydrogens (tertiary/aromatic N) is 2. The average Bonchev–Trinajstić information content (AvgIpc) is 2.69. The topological polar surface area (TPSA) is 58.1 Å². The van der Waals surface area contributed by atoms with Crippen LogP contribution in [0.2, 0.25) is 0 Å². The molecule has 0 unspecified atom stereocenters. The molecule has 1 fully saturated rings. The zero-order valence-corrected chi connectivity index (χ0v) is 20.1. The van der Waals surface area contributed by atoms with Crippen LogP contribution in [0.3, 0.4) is 0 Å². The molecule has 1 aliphatic rings. The fraction of sp³-hybridized carbons (Fsp3) is 0.667. The zero-order chi connectivity index (χ0) is 19.5. The fourth-order valence-electron chi connectivity index (χ4n) is 3.27. The molecule has 1 aromatic carbocycles. The standard InChI is InChI=1S/C21H36N4O2.HI/c1-17(2)25-11-9-19(10-12-25)24-21(22-3)23-16-18-7-5-8-20(15-18)27-14-6-13-26-4;/h5,7-8,15,17,19H,6,9-14,16H2,1-4H3,(H2,22,23,24);1H. The predicted octanol–water partition coefficient (Wildman–Crippen LogP) is 3.26. The molecule has 1 heterocycles. The molecule has 0 spiro atoms. The summed E-state index contributed by atoms with van der Waals surface area (Å²) in [5.74, 6) is 1.76. The molecule has 0 aromatic heterocycles. The van der Waals surface area contributed by atoms with Crippen molar-refractivity contribution in [2.75, 3.05) is 40.5 Å². The second kappa shape index (κ2) is 14.0. The Morgan fingerprint density at radius 3 is 2.64 bits per heavy atom. The number of likely N-dealkylation sites (tertiary alicyclic amines) is 1. The van der Waals surface area contributed by atoms with Crippen LogP contribution in [0.4, 0.5) is 0 Å². The SMILES string of the molecule is CN=C(NCc1cccc(OCCCOC)c1)NC1CCN(C(C)C)CC1.I. The van der Waals surface area contributed by atoms with Gasteiger partial charge in [0.25, 0.3) is 0 Å². The number of hydrogen-bond donors (Lipinski definition) is 2. The lowest BCUT2D eigenvalue weighted by atomic mass is 10.0. The number of guanidine groups is 1. The molecule has 1 aliphatic heterocycles. The first kappa shape index (κ1) is 25.0. The molecule has 0 amide bonds. The largest absolute Gasteiger partial charge is 0.493 e. The summed E-state index contributed by atoms with van der Waals surface area (Å²) in [4.78, 5) is 6.91. The van der Waals surface area contributed by atoms with E-state index >= 15 is 0 Å². The Balaban J connectivity index is 0.00000392. The molecule has 0 bridgehead atoms. The highest BCUT2D eigenvalue weighted by Crippen LogP contribution is 2.14. The lowest BCUT2D eigenvalue weighted by Crippen LogP contribution is -2.49. The maximum Gasteiger partial charge on any atom is 0.191 e. The predicted molar refractivity (Wildman–Crippen MR) is 127 cm³/mol. The number of benzene rings is 1. The van der Waals surface area contributed by atoms with Crippen molar-refractivity contribution in [1.29, 1.82) is 0 Å². The van der Waals surface area contributed by atoms with Crippen LogP contribution < -0.4 is 15.4 Å². The minimum absolute atomic E-state index is 0. The van der Waals surface area contributed by atoms with Gasteiger partial charge in [-0.1, -0.05) is 12.1 Å². The van der Waals surface area contributed by atoms with E-state index in [9.17, 15) is 0 Å². The van der Waals surface area contributed by atoms with E-state index in [1.165, 1.54) is 5.56 Å². The average molecular weight is 504 g/mol. The zero-order valence-electron chi connectivity index (χ0n) is 17.7. The monoisotopic (exact) mass is 504 g/mol. The van der Waals surface area contributed by atoms with Gasteiger partial charge in [0.05, 0.1) is 6.61 Å². The summed E-state index contributed by atoms with van der Waals surface area (Å²) in [5, 5.41) is 6.99. The Morgan fingerprint density at radius 2 is 2.00 bits per heavy atom. The van der Waals surface area contributed by atoms with Crippen molar-refractivity contribution < 1.29 is 9.47 Å². The Labute approximate surface area is 187 Å². The first-order chi connectivity index (χ1) is 13.1. The quantitative estimate of drug-likeness (QED) is 0.234. The van der Waals surface area contributed by atoms with E-state index in [1.54, 1.807) is 7.11 Å². The molecule has 28 heavy (non-hydrogen) atoms. The van der Waals surface area contributed by atoms with Gasteiger partial charge in [-0.15, -0.1) is 24.0 Å². The van der Waals surface area contributed by atoms with Crippen LogP contribution in [0, 0.1) is 0 Å². The summed E-state index contributed by atoms with van der Waals surface area (Å²) in [6.45, 7) is 8.94. The van der Waals surface area contributed by atoms with Gasteiger partial charge >= 0.3 is 0 Å². The van der Waals surface area contributed by atoms with Crippen molar-refractivity contribution >= 4 is 29.9 Å². The lowest BCUT2D eigenvalue weighted by molar-refractivity contribution is 0.167.